The number of aromatic nitrogens is 2. The van der Waals surface area contributed by atoms with Crippen LogP contribution < -0.4 is 5.32 Å². The lowest BCUT2D eigenvalue weighted by atomic mass is 10.3. The topological polar surface area (TPSA) is 46.9 Å². The molecule has 1 aromatic rings. The van der Waals surface area contributed by atoms with E-state index in [2.05, 4.69) is 16.9 Å². The van der Waals surface area contributed by atoms with Crippen LogP contribution in [0.15, 0.2) is 31.4 Å². The Kier molecular flexibility index (Phi) is 4.47. The van der Waals surface area contributed by atoms with Crippen molar-refractivity contribution in [2.24, 2.45) is 0 Å². The second-order valence-corrected chi connectivity index (χ2v) is 3.00. The first-order chi connectivity index (χ1) is 6.83. The number of hydrogen-bond acceptors (Lipinski definition) is 2. The summed E-state index contributed by atoms with van der Waals surface area (Å²) < 4.78 is 2.02. The summed E-state index contributed by atoms with van der Waals surface area (Å²) in [5.74, 6) is -0.104. The lowest BCUT2D eigenvalue weighted by Crippen LogP contribution is -2.21. The van der Waals surface area contributed by atoms with Crippen molar-refractivity contribution in [3.8, 4) is 0 Å². The molecule has 1 amide bonds. The molecule has 1 N–H and O–H groups in total. The molecule has 0 aliphatic carbocycles. The van der Waals surface area contributed by atoms with E-state index >= 15 is 0 Å². The maximum atomic E-state index is 10.8. The molecule has 0 fully saturated rings. The SMILES string of the molecule is C=CC(=O)NCCCCn1ccnc1. The number of amides is 1. The van der Waals surface area contributed by atoms with Gasteiger partial charge in [-0.05, 0) is 18.9 Å². The van der Waals surface area contributed by atoms with Gasteiger partial charge in [0.1, 0.15) is 0 Å². The molecular formula is C10H15N3O. The molecule has 0 spiro atoms. The maximum absolute atomic E-state index is 10.8. The Labute approximate surface area is 83.6 Å². The van der Waals surface area contributed by atoms with Crippen LogP contribution in [0.1, 0.15) is 12.8 Å². The molecule has 0 aliphatic rings. The van der Waals surface area contributed by atoms with Crippen LogP contribution in [0.4, 0.5) is 0 Å². The van der Waals surface area contributed by atoms with Crippen molar-refractivity contribution >= 4 is 5.91 Å². The second-order valence-electron chi connectivity index (χ2n) is 3.00. The molecule has 1 aromatic heterocycles. The van der Waals surface area contributed by atoms with Gasteiger partial charge >= 0.3 is 0 Å². The number of carbonyl (C=O) groups is 1. The van der Waals surface area contributed by atoms with Gasteiger partial charge in [0.05, 0.1) is 6.33 Å². The first-order valence-corrected chi connectivity index (χ1v) is 4.69. The number of imidazole rings is 1. The van der Waals surface area contributed by atoms with Gasteiger partial charge in [0, 0.05) is 25.5 Å². The zero-order chi connectivity index (χ0) is 10.2. The Morgan fingerprint density at radius 1 is 1.57 bits per heavy atom. The van der Waals surface area contributed by atoms with E-state index in [1.807, 2.05) is 10.8 Å². The molecule has 0 unspecified atom stereocenters. The van der Waals surface area contributed by atoms with E-state index in [0.29, 0.717) is 6.54 Å². The Bertz CT molecular complexity index is 280. The fourth-order valence-electron chi connectivity index (χ4n) is 1.12. The molecule has 0 bridgehead atoms. The molecule has 0 aromatic carbocycles. The van der Waals surface area contributed by atoms with Crippen molar-refractivity contribution in [1.29, 1.82) is 0 Å². The molecule has 0 saturated heterocycles. The van der Waals surface area contributed by atoms with Crippen molar-refractivity contribution in [3.05, 3.63) is 31.4 Å². The van der Waals surface area contributed by atoms with Crippen molar-refractivity contribution in [1.82, 2.24) is 14.9 Å². The zero-order valence-electron chi connectivity index (χ0n) is 8.15. The van der Waals surface area contributed by atoms with Gasteiger partial charge in [0.2, 0.25) is 5.91 Å². The van der Waals surface area contributed by atoms with Gasteiger partial charge in [0.15, 0.2) is 0 Å². The number of carbonyl (C=O) groups excluding carboxylic acids is 1. The normalized spacial score (nSPS) is 9.71. The molecule has 4 nitrogen and oxygen atoms in total. The summed E-state index contributed by atoms with van der Waals surface area (Å²) in [4.78, 5) is 14.7. The van der Waals surface area contributed by atoms with Gasteiger partial charge in [0.25, 0.3) is 0 Å². The predicted molar refractivity (Wildman–Crippen MR) is 54.7 cm³/mol. The zero-order valence-corrected chi connectivity index (χ0v) is 8.15. The van der Waals surface area contributed by atoms with Crippen LogP contribution in [0.3, 0.4) is 0 Å². The maximum Gasteiger partial charge on any atom is 0.243 e. The molecule has 0 aliphatic heterocycles. The molecule has 4 heteroatoms. The Balaban J connectivity index is 2.00. The van der Waals surface area contributed by atoms with E-state index in [1.165, 1.54) is 6.08 Å². The fraction of sp³-hybridized carbons (Fsp3) is 0.400. The van der Waals surface area contributed by atoms with Crippen LogP contribution in [-0.4, -0.2) is 22.0 Å². The smallest absolute Gasteiger partial charge is 0.243 e. The van der Waals surface area contributed by atoms with Crippen molar-refractivity contribution in [2.45, 2.75) is 19.4 Å². The molecule has 14 heavy (non-hydrogen) atoms. The third-order valence-corrected chi connectivity index (χ3v) is 1.89. The molecular weight excluding hydrogens is 178 g/mol. The summed E-state index contributed by atoms with van der Waals surface area (Å²) in [5.41, 5.74) is 0. The van der Waals surface area contributed by atoms with Crippen LogP contribution >= 0.6 is 0 Å². The fourth-order valence-corrected chi connectivity index (χ4v) is 1.12. The predicted octanol–water partition coefficient (Wildman–Crippen LogP) is 0.966. The largest absolute Gasteiger partial charge is 0.353 e. The second kappa shape index (κ2) is 5.96. The minimum absolute atomic E-state index is 0.104. The van der Waals surface area contributed by atoms with Crippen molar-refractivity contribution in [3.63, 3.8) is 0 Å². The number of rotatable bonds is 6. The van der Waals surface area contributed by atoms with E-state index < -0.39 is 0 Å². The first-order valence-electron chi connectivity index (χ1n) is 4.69. The summed E-state index contributed by atoms with van der Waals surface area (Å²) >= 11 is 0. The summed E-state index contributed by atoms with van der Waals surface area (Å²) in [5, 5.41) is 2.73. The highest BCUT2D eigenvalue weighted by Crippen LogP contribution is 1.93. The van der Waals surface area contributed by atoms with E-state index in [1.54, 1.807) is 12.5 Å². The van der Waals surface area contributed by atoms with Gasteiger partial charge in [-0.15, -0.1) is 0 Å². The monoisotopic (exact) mass is 193 g/mol. The van der Waals surface area contributed by atoms with Crippen LogP contribution in [0.2, 0.25) is 0 Å². The number of hydrogen-bond donors (Lipinski definition) is 1. The van der Waals surface area contributed by atoms with E-state index in [4.69, 9.17) is 0 Å². The summed E-state index contributed by atoms with van der Waals surface area (Å²) in [7, 11) is 0. The lowest BCUT2D eigenvalue weighted by molar-refractivity contribution is -0.116. The lowest BCUT2D eigenvalue weighted by Gasteiger charge is -2.02. The standard InChI is InChI=1S/C10H15N3O/c1-2-10(14)12-5-3-4-7-13-8-6-11-9-13/h2,6,8-9H,1,3-5,7H2,(H,12,14). The molecule has 1 rings (SSSR count). The summed E-state index contributed by atoms with van der Waals surface area (Å²) in [6, 6.07) is 0. The third-order valence-electron chi connectivity index (χ3n) is 1.89. The van der Waals surface area contributed by atoms with Crippen molar-refractivity contribution < 1.29 is 4.79 Å². The first kappa shape index (κ1) is 10.5. The number of unbranched alkanes of at least 4 members (excludes halogenated alkanes) is 1. The van der Waals surface area contributed by atoms with Gasteiger partial charge in [-0.2, -0.15) is 0 Å². The van der Waals surface area contributed by atoms with Crippen LogP contribution in [0.25, 0.3) is 0 Å². The van der Waals surface area contributed by atoms with E-state index in [0.717, 1.165) is 19.4 Å². The van der Waals surface area contributed by atoms with Gasteiger partial charge < -0.3 is 9.88 Å². The van der Waals surface area contributed by atoms with E-state index in [-0.39, 0.29) is 5.91 Å². The Hall–Kier alpha value is -1.58. The number of nitrogens with one attached hydrogen (secondary N) is 1. The summed E-state index contributed by atoms with van der Waals surface area (Å²) in [6.07, 6.45) is 8.78. The average molecular weight is 193 g/mol. The summed E-state index contributed by atoms with van der Waals surface area (Å²) in [6.45, 7) is 5.03. The molecule has 0 atom stereocenters. The third kappa shape index (κ3) is 3.89. The minimum Gasteiger partial charge on any atom is -0.353 e. The quantitative estimate of drug-likeness (QED) is 0.540. The van der Waals surface area contributed by atoms with Gasteiger partial charge in [-0.1, -0.05) is 6.58 Å². The highest BCUT2D eigenvalue weighted by atomic mass is 16.1. The molecule has 0 radical (unpaired) electrons. The van der Waals surface area contributed by atoms with Gasteiger partial charge in [-0.3, -0.25) is 4.79 Å². The van der Waals surface area contributed by atoms with Crippen LogP contribution in [-0.2, 0) is 11.3 Å². The van der Waals surface area contributed by atoms with Gasteiger partial charge in [-0.25, -0.2) is 4.98 Å². The Morgan fingerprint density at radius 2 is 2.43 bits per heavy atom. The van der Waals surface area contributed by atoms with Crippen LogP contribution in [0, 0.1) is 0 Å². The average Bonchev–Trinajstić information content (AvgIpc) is 2.69. The highest BCUT2D eigenvalue weighted by molar-refractivity contribution is 5.86. The molecule has 1 heterocycles. The molecule has 0 saturated carbocycles. The molecule has 76 valence electrons. The van der Waals surface area contributed by atoms with Crippen LogP contribution in [0.5, 0.6) is 0 Å². The highest BCUT2D eigenvalue weighted by Gasteiger charge is 1.93. The van der Waals surface area contributed by atoms with Crippen molar-refractivity contribution in [2.75, 3.05) is 6.54 Å². The number of nitrogens with zero attached hydrogens (tertiary/aromatic N) is 2. The minimum atomic E-state index is -0.104. The number of aryl methyl sites for hydroxylation is 1. The van der Waals surface area contributed by atoms with E-state index in [9.17, 15) is 4.79 Å². The Morgan fingerprint density at radius 3 is 3.07 bits per heavy atom.